The highest BCUT2D eigenvalue weighted by Gasteiger charge is 2.61. The molecule has 1 aliphatic heterocycles. The van der Waals surface area contributed by atoms with E-state index >= 15 is 0 Å². The number of benzene rings is 1. The Balaban J connectivity index is 1.39. The normalized spacial score (nSPS) is 26.2. The zero-order valence-corrected chi connectivity index (χ0v) is 15.9. The maximum Gasteiger partial charge on any atom is 0.254 e. The second kappa shape index (κ2) is 6.05. The third-order valence-corrected chi connectivity index (χ3v) is 6.10. The minimum atomic E-state index is -1.34. The fourth-order valence-corrected chi connectivity index (χ4v) is 4.11. The lowest BCUT2D eigenvalue weighted by Gasteiger charge is -2.34. The highest BCUT2D eigenvalue weighted by molar-refractivity contribution is 6.01. The SMILES string of the molecule is Cc1cnc(NC(=O)CN2C[C@@]3(C[C@H]3F)c3cc(C4(F)CC4)ccc3C2=O)nc1. The first-order valence-electron chi connectivity index (χ1n) is 9.67. The van der Waals surface area contributed by atoms with Gasteiger partial charge in [-0.05, 0) is 48.9 Å². The Morgan fingerprint density at radius 3 is 2.62 bits per heavy atom. The van der Waals surface area contributed by atoms with Crippen LogP contribution in [0.4, 0.5) is 14.7 Å². The number of aryl methyl sites for hydroxylation is 1. The Labute approximate surface area is 166 Å². The summed E-state index contributed by atoms with van der Waals surface area (Å²) in [6.45, 7) is 1.71. The zero-order valence-electron chi connectivity index (χ0n) is 15.9. The predicted octanol–water partition coefficient (Wildman–Crippen LogP) is 2.82. The summed E-state index contributed by atoms with van der Waals surface area (Å²) in [6, 6.07) is 4.85. The van der Waals surface area contributed by atoms with Crippen LogP contribution in [0.2, 0.25) is 0 Å². The van der Waals surface area contributed by atoms with Crippen molar-refractivity contribution in [1.29, 1.82) is 0 Å². The Kier molecular flexibility index (Phi) is 3.78. The van der Waals surface area contributed by atoms with E-state index in [0.717, 1.165) is 5.56 Å². The van der Waals surface area contributed by atoms with Gasteiger partial charge < -0.3 is 4.90 Å². The summed E-state index contributed by atoms with van der Waals surface area (Å²) >= 11 is 0. The van der Waals surface area contributed by atoms with E-state index in [1.54, 1.807) is 30.6 Å². The van der Waals surface area contributed by atoms with Gasteiger partial charge in [0.15, 0.2) is 0 Å². The molecule has 150 valence electrons. The van der Waals surface area contributed by atoms with E-state index in [4.69, 9.17) is 0 Å². The highest BCUT2D eigenvalue weighted by Crippen LogP contribution is 2.57. The summed E-state index contributed by atoms with van der Waals surface area (Å²) in [4.78, 5) is 34.7. The van der Waals surface area contributed by atoms with Crippen molar-refractivity contribution >= 4 is 17.8 Å². The van der Waals surface area contributed by atoms with Crippen LogP contribution in [0.15, 0.2) is 30.6 Å². The van der Waals surface area contributed by atoms with Crippen molar-refractivity contribution in [3.8, 4) is 0 Å². The monoisotopic (exact) mass is 398 g/mol. The van der Waals surface area contributed by atoms with Crippen molar-refractivity contribution in [2.75, 3.05) is 18.4 Å². The molecule has 6 nitrogen and oxygen atoms in total. The summed E-state index contributed by atoms with van der Waals surface area (Å²) in [5.74, 6) is -0.647. The molecule has 5 rings (SSSR count). The largest absolute Gasteiger partial charge is 0.328 e. The van der Waals surface area contributed by atoms with Crippen LogP contribution in [-0.4, -0.2) is 45.9 Å². The van der Waals surface area contributed by atoms with E-state index in [1.807, 2.05) is 6.92 Å². The molecular weight excluding hydrogens is 378 g/mol. The molecule has 2 aromatic rings. The van der Waals surface area contributed by atoms with Crippen molar-refractivity contribution in [1.82, 2.24) is 14.9 Å². The molecule has 2 heterocycles. The molecule has 3 aliphatic rings. The number of aromatic nitrogens is 2. The summed E-state index contributed by atoms with van der Waals surface area (Å²) < 4.78 is 28.9. The van der Waals surface area contributed by atoms with Crippen molar-refractivity contribution in [2.24, 2.45) is 0 Å². The fraction of sp³-hybridized carbons (Fsp3) is 0.429. The lowest BCUT2D eigenvalue weighted by molar-refractivity contribution is -0.117. The molecule has 1 aromatic heterocycles. The summed E-state index contributed by atoms with van der Waals surface area (Å²) in [7, 11) is 0. The van der Waals surface area contributed by atoms with Crippen LogP contribution in [0, 0.1) is 6.92 Å². The van der Waals surface area contributed by atoms with Gasteiger partial charge in [-0.3, -0.25) is 14.9 Å². The number of hydrogen-bond donors (Lipinski definition) is 1. The molecule has 1 aromatic carbocycles. The van der Waals surface area contributed by atoms with Crippen LogP contribution in [0.3, 0.4) is 0 Å². The number of nitrogens with one attached hydrogen (secondary N) is 1. The van der Waals surface area contributed by atoms with Crippen molar-refractivity contribution in [3.05, 3.63) is 52.8 Å². The van der Waals surface area contributed by atoms with Gasteiger partial charge in [0.1, 0.15) is 18.4 Å². The van der Waals surface area contributed by atoms with Crippen LogP contribution >= 0.6 is 0 Å². The lowest BCUT2D eigenvalue weighted by Crippen LogP contribution is -2.47. The number of anilines is 1. The number of fused-ring (bicyclic) bond motifs is 2. The minimum Gasteiger partial charge on any atom is -0.328 e. The molecule has 2 fully saturated rings. The van der Waals surface area contributed by atoms with Gasteiger partial charge in [-0.15, -0.1) is 0 Å². The van der Waals surface area contributed by atoms with E-state index in [1.165, 1.54) is 4.90 Å². The fourth-order valence-electron chi connectivity index (χ4n) is 4.11. The molecule has 2 atom stereocenters. The third kappa shape index (κ3) is 2.97. The van der Waals surface area contributed by atoms with Gasteiger partial charge in [0.05, 0.1) is 0 Å². The molecule has 2 aliphatic carbocycles. The second-order valence-corrected chi connectivity index (χ2v) is 8.35. The van der Waals surface area contributed by atoms with Gasteiger partial charge in [-0.2, -0.15) is 0 Å². The number of carbonyl (C=O) groups excluding carboxylic acids is 2. The molecule has 1 N–H and O–H groups in total. The van der Waals surface area contributed by atoms with Crippen LogP contribution in [-0.2, 0) is 15.9 Å². The third-order valence-electron chi connectivity index (χ3n) is 6.10. The number of alkyl halides is 2. The van der Waals surface area contributed by atoms with Crippen LogP contribution < -0.4 is 5.32 Å². The average Bonchev–Trinajstić information content (AvgIpc) is 3.59. The Bertz CT molecular complexity index is 1020. The molecule has 2 amide bonds. The smallest absolute Gasteiger partial charge is 0.254 e. The van der Waals surface area contributed by atoms with Gasteiger partial charge >= 0.3 is 0 Å². The van der Waals surface area contributed by atoms with Crippen molar-refractivity contribution in [3.63, 3.8) is 0 Å². The molecule has 1 spiro atoms. The molecule has 0 saturated heterocycles. The Morgan fingerprint density at radius 1 is 1.31 bits per heavy atom. The summed E-state index contributed by atoms with van der Waals surface area (Å²) in [5.41, 5.74) is 0.121. The highest BCUT2D eigenvalue weighted by atomic mass is 19.1. The number of rotatable bonds is 4. The molecular formula is C21H20F2N4O2. The van der Waals surface area contributed by atoms with Crippen molar-refractivity contribution < 1.29 is 18.4 Å². The maximum atomic E-state index is 14.5. The molecule has 8 heteroatoms. The van der Waals surface area contributed by atoms with E-state index in [0.29, 0.717) is 29.5 Å². The minimum absolute atomic E-state index is 0.102. The average molecular weight is 398 g/mol. The number of amides is 2. The maximum absolute atomic E-state index is 14.5. The summed E-state index contributed by atoms with van der Waals surface area (Å²) in [5, 5.41) is 2.56. The predicted molar refractivity (Wildman–Crippen MR) is 101 cm³/mol. The molecule has 29 heavy (non-hydrogen) atoms. The second-order valence-electron chi connectivity index (χ2n) is 8.35. The molecule has 0 unspecified atom stereocenters. The first-order chi connectivity index (χ1) is 13.8. The van der Waals surface area contributed by atoms with Crippen molar-refractivity contribution in [2.45, 2.75) is 43.4 Å². The quantitative estimate of drug-likeness (QED) is 0.860. The summed E-state index contributed by atoms with van der Waals surface area (Å²) in [6.07, 6.45) is 3.23. The Hall–Kier alpha value is -2.90. The molecule has 0 bridgehead atoms. The Morgan fingerprint density at radius 2 is 2.00 bits per heavy atom. The van der Waals surface area contributed by atoms with Crippen LogP contribution in [0.5, 0.6) is 0 Å². The van der Waals surface area contributed by atoms with E-state index in [2.05, 4.69) is 15.3 Å². The van der Waals surface area contributed by atoms with Gasteiger partial charge in [0, 0.05) is 29.9 Å². The topological polar surface area (TPSA) is 75.2 Å². The first-order valence-corrected chi connectivity index (χ1v) is 9.67. The standard InChI is InChI=1S/C21H20F2N4O2/c1-12-8-24-19(25-9-12)26-17(28)10-27-11-20(7-16(20)22)15-6-13(21(23)4-5-21)2-3-14(15)18(27)29/h2-3,6,8-9,16H,4-5,7,10-11H2,1H3,(H,24,25,26,28)/t16-,20+/m1/s1. The van der Waals surface area contributed by atoms with E-state index in [9.17, 15) is 18.4 Å². The number of halogens is 2. The number of nitrogens with zero attached hydrogens (tertiary/aromatic N) is 3. The van der Waals surface area contributed by atoms with Gasteiger partial charge in [-0.25, -0.2) is 18.7 Å². The van der Waals surface area contributed by atoms with Crippen LogP contribution in [0.25, 0.3) is 0 Å². The van der Waals surface area contributed by atoms with Gasteiger partial charge in [0.25, 0.3) is 5.91 Å². The number of carbonyl (C=O) groups is 2. The zero-order chi connectivity index (χ0) is 20.4. The molecule has 0 radical (unpaired) electrons. The molecule has 2 saturated carbocycles. The first kappa shape index (κ1) is 18.1. The van der Waals surface area contributed by atoms with Gasteiger partial charge in [-0.1, -0.05) is 12.1 Å². The number of hydrogen-bond acceptors (Lipinski definition) is 4. The van der Waals surface area contributed by atoms with E-state index in [-0.39, 0.29) is 31.4 Å². The van der Waals surface area contributed by atoms with Crippen LogP contribution in [0.1, 0.15) is 46.3 Å². The van der Waals surface area contributed by atoms with E-state index < -0.39 is 23.2 Å². The lowest BCUT2D eigenvalue weighted by atomic mass is 9.84. The van der Waals surface area contributed by atoms with Gasteiger partial charge in [0.2, 0.25) is 11.9 Å².